The van der Waals surface area contributed by atoms with Crippen molar-refractivity contribution in [3.05, 3.63) is 35.9 Å². The molecule has 0 aliphatic carbocycles. The fourth-order valence-electron chi connectivity index (χ4n) is 5.13. The number of rotatable bonds is 8. The van der Waals surface area contributed by atoms with Crippen molar-refractivity contribution in [1.82, 2.24) is 0 Å². The molecule has 2 unspecified atom stereocenters. The average molecular weight is 498 g/mol. The summed E-state index contributed by atoms with van der Waals surface area (Å²) >= 11 is 0. The molecule has 172 valence electrons. The molecule has 1 aromatic carbocycles. The van der Waals surface area contributed by atoms with Crippen LogP contribution in [-0.2, 0) is 28.5 Å². The van der Waals surface area contributed by atoms with E-state index in [-0.39, 0.29) is 35.7 Å². The maximum atomic E-state index is 13.1. The van der Waals surface area contributed by atoms with Gasteiger partial charge in [-0.2, -0.15) is 0 Å². The Labute approximate surface area is 194 Å². The van der Waals surface area contributed by atoms with Gasteiger partial charge >= 0.3 is 11.9 Å². The van der Waals surface area contributed by atoms with Gasteiger partial charge in [-0.3, -0.25) is 4.79 Å². The highest BCUT2D eigenvalue weighted by Gasteiger charge is 2.70. The van der Waals surface area contributed by atoms with Gasteiger partial charge in [0, 0.05) is 19.4 Å². The SMILES string of the molecule is CCOC(C)C(=O)OC[C@@H](C(=O)OC1C[C@@H]2[C@@H]3O[C@@H]3[C@H](C1)[N+]2(C)C)c1ccccc1.[Br-]. The first-order valence-electron chi connectivity index (χ1n) is 10.8. The summed E-state index contributed by atoms with van der Waals surface area (Å²) in [7, 11) is 4.49. The maximum Gasteiger partial charge on any atom is 0.334 e. The molecule has 3 aliphatic rings. The Bertz CT molecular complexity index is 768. The molecule has 7 nitrogen and oxygen atoms in total. The standard InChI is InChI=1S/C23H32NO6.BrH/c1-5-27-14(2)22(25)28-13-17(15-9-7-6-8-10-15)23(26)29-16-11-18-20-21(30-20)19(12-16)24(18,3)4;/h6-10,14,16-21H,5,11-13H2,1-4H3;1H/q+1;/p-1/t14?,16?,17-,18-,19+,20+,21-;/m1./s1. The third kappa shape index (κ3) is 4.82. The van der Waals surface area contributed by atoms with E-state index in [1.165, 1.54) is 0 Å². The van der Waals surface area contributed by atoms with Gasteiger partial charge in [-0.05, 0) is 19.4 Å². The summed E-state index contributed by atoms with van der Waals surface area (Å²) in [5.74, 6) is -1.47. The van der Waals surface area contributed by atoms with E-state index in [1.807, 2.05) is 37.3 Å². The summed E-state index contributed by atoms with van der Waals surface area (Å²) in [5, 5.41) is 0. The normalized spacial score (nSPS) is 31.5. The molecule has 2 bridgehead atoms. The number of epoxide rings is 1. The number of piperidine rings is 1. The Hall–Kier alpha value is -1.48. The lowest BCUT2D eigenvalue weighted by molar-refractivity contribution is -0.938. The molecule has 0 N–H and O–H groups in total. The number of likely N-dealkylation sites (N-methyl/N-ethyl adjacent to an activating group) is 1. The second kappa shape index (κ2) is 9.57. The van der Waals surface area contributed by atoms with Gasteiger partial charge < -0.3 is 40.4 Å². The summed E-state index contributed by atoms with van der Waals surface area (Å²) in [6, 6.07) is 10.1. The van der Waals surface area contributed by atoms with E-state index in [9.17, 15) is 9.59 Å². The predicted octanol–water partition coefficient (Wildman–Crippen LogP) is -0.957. The van der Waals surface area contributed by atoms with Crippen molar-refractivity contribution in [2.24, 2.45) is 0 Å². The molecule has 3 fully saturated rings. The number of hydrogen-bond acceptors (Lipinski definition) is 6. The summed E-state index contributed by atoms with van der Waals surface area (Å²) in [6.45, 7) is 3.83. The highest BCUT2D eigenvalue weighted by Crippen LogP contribution is 2.51. The van der Waals surface area contributed by atoms with Gasteiger partial charge in [-0.25, -0.2) is 4.79 Å². The van der Waals surface area contributed by atoms with Crippen LogP contribution in [0.1, 0.15) is 38.2 Å². The molecule has 0 radical (unpaired) electrons. The minimum atomic E-state index is -0.664. The second-order valence-electron chi connectivity index (χ2n) is 9.05. The van der Waals surface area contributed by atoms with E-state index in [0.29, 0.717) is 30.9 Å². The molecule has 1 aromatic rings. The quantitative estimate of drug-likeness (QED) is 0.261. The average Bonchev–Trinajstić information content (AvgIpc) is 3.47. The monoisotopic (exact) mass is 497 g/mol. The zero-order chi connectivity index (χ0) is 21.5. The van der Waals surface area contributed by atoms with Gasteiger partial charge in [0.05, 0.1) is 14.1 Å². The Balaban J connectivity index is 0.00000272. The first-order chi connectivity index (χ1) is 14.3. The Kier molecular flexibility index (Phi) is 7.46. The van der Waals surface area contributed by atoms with Crippen LogP contribution in [0.25, 0.3) is 0 Å². The van der Waals surface area contributed by atoms with E-state index >= 15 is 0 Å². The molecule has 3 aliphatic heterocycles. The first kappa shape index (κ1) is 24.2. The molecule has 0 aromatic heterocycles. The Morgan fingerprint density at radius 1 is 1.10 bits per heavy atom. The summed E-state index contributed by atoms with van der Waals surface area (Å²) < 4.78 is 23.4. The fraction of sp³-hybridized carbons (Fsp3) is 0.652. The van der Waals surface area contributed by atoms with E-state index < -0.39 is 18.0 Å². The zero-order valence-corrected chi connectivity index (χ0v) is 20.1. The van der Waals surface area contributed by atoms with Gasteiger partial charge in [-0.15, -0.1) is 0 Å². The molecule has 0 spiro atoms. The summed E-state index contributed by atoms with van der Waals surface area (Å²) in [5.41, 5.74) is 0.778. The number of benzene rings is 1. The van der Waals surface area contributed by atoms with Crippen molar-refractivity contribution < 1.29 is 50.0 Å². The lowest BCUT2D eigenvalue weighted by Crippen LogP contribution is -3.00. The van der Waals surface area contributed by atoms with Gasteiger partial charge in [0.2, 0.25) is 0 Å². The fourth-order valence-corrected chi connectivity index (χ4v) is 5.13. The van der Waals surface area contributed by atoms with Crippen LogP contribution in [0.4, 0.5) is 0 Å². The van der Waals surface area contributed by atoms with E-state index in [4.69, 9.17) is 18.9 Å². The molecular weight excluding hydrogens is 466 g/mol. The number of quaternary nitrogens is 1. The van der Waals surface area contributed by atoms with Crippen molar-refractivity contribution in [2.75, 3.05) is 27.3 Å². The van der Waals surface area contributed by atoms with Crippen molar-refractivity contribution in [2.45, 2.75) is 69.1 Å². The van der Waals surface area contributed by atoms with Gasteiger partial charge in [0.25, 0.3) is 0 Å². The van der Waals surface area contributed by atoms with Crippen LogP contribution in [0.5, 0.6) is 0 Å². The van der Waals surface area contributed by atoms with E-state index in [1.54, 1.807) is 6.92 Å². The maximum absolute atomic E-state index is 13.1. The highest BCUT2D eigenvalue weighted by molar-refractivity contribution is 5.80. The molecule has 7 atom stereocenters. The van der Waals surface area contributed by atoms with Crippen LogP contribution in [0.15, 0.2) is 30.3 Å². The van der Waals surface area contributed by atoms with Crippen LogP contribution in [-0.4, -0.2) is 80.2 Å². The van der Waals surface area contributed by atoms with Crippen LogP contribution in [0, 0.1) is 0 Å². The first-order valence-corrected chi connectivity index (χ1v) is 10.8. The van der Waals surface area contributed by atoms with Gasteiger partial charge in [-0.1, -0.05) is 30.3 Å². The Morgan fingerprint density at radius 3 is 2.29 bits per heavy atom. The number of fused-ring (bicyclic) bond motifs is 5. The number of carbonyl (C=O) groups excluding carboxylic acids is 2. The lowest BCUT2D eigenvalue weighted by Gasteiger charge is -2.45. The molecule has 0 amide bonds. The number of ether oxygens (including phenoxy) is 4. The summed E-state index contributed by atoms with van der Waals surface area (Å²) in [6.07, 6.45) is 1.43. The smallest absolute Gasteiger partial charge is 0.334 e. The highest BCUT2D eigenvalue weighted by atomic mass is 79.9. The van der Waals surface area contributed by atoms with Crippen molar-refractivity contribution in [1.29, 1.82) is 0 Å². The van der Waals surface area contributed by atoms with E-state index in [2.05, 4.69) is 14.1 Å². The van der Waals surface area contributed by atoms with E-state index in [0.717, 1.165) is 22.9 Å². The minimum absolute atomic E-state index is 0. The number of hydrogen-bond donors (Lipinski definition) is 0. The second-order valence-corrected chi connectivity index (χ2v) is 9.05. The molecule has 0 saturated carbocycles. The molecule has 4 rings (SSSR count). The molecule has 8 heteroatoms. The molecule has 31 heavy (non-hydrogen) atoms. The van der Waals surface area contributed by atoms with Crippen LogP contribution in [0.3, 0.4) is 0 Å². The number of halogens is 1. The molecule has 3 saturated heterocycles. The minimum Gasteiger partial charge on any atom is -1.00 e. The van der Waals surface area contributed by atoms with Crippen LogP contribution >= 0.6 is 0 Å². The molecular formula is C23H32BrNO6. The number of carbonyl (C=O) groups is 2. The number of esters is 2. The number of nitrogens with zero attached hydrogens (tertiary/aromatic N) is 1. The van der Waals surface area contributed by atoms with Crippen molar-refractivity contribution in [3.63, 3.8) is 0 Å². The molecule has 3 heterocycles. The Morgan fingerprint density at radius 2 is 1.71 bits per heavy atom. The van der Waals surface area contributed by atoms with Crippen molar-refractivity contribution in [3.8, 4) is 0 Å². The van der Waals surface area contributed by atoms with Crippen molar-refractivity contribution >= 4 is 11.9 Å². The predicted molar refractivity (Wildman–Crippen MR) is 109 cm³/mol. The number of morpholine rings is 1. The van der Waals surface area contributed by atoms with Crippen LogP contribution in [0.2, 0.25) is 0 Å². The van der Waals surface area contributed by atoms with Gasteiger partial charge in [0.15, 0.2) is 6.10 Å². The van der Waals surface area contributed by atoms with Crippen LogP contribution < -0.4 is 17.0 Å². The summed E-state index contributed by atoms with van der Waals surface area (Å²) in [4.78, 5) is 25.3. The zero-order valence-electron chi connectivity index (χ0n) is 18.5. The third-order valence-electron chi connectivity index (χ3n) is 6.95. The largest absolute Gasteiger partial charge is 1.00 e. The lowest BCUT2D eigenvalue weighted by atomic mass is 9.95. The topological polar surface area (TPSA) is 74.4 Å². The van der Waals surface area contributed by atoms with Gasteiger partial charge in [0.1, 0.15) is 42.9 Å². The third-order valence-corrected chi connectivity index (χ3v) is 6.95.